The first kappa shape index (κ1) is 16.8. The van der Waals surface area contributed by atoms with Gasteiger partial charge in [-0.25, -0.2) is 0 Å². The van der Waals surface area contributed by atoms with Crippen molar-refractivity contribution in [2.75, 3.05) is 26.8 Å². The SMILES string of the molecule is COCC(=O)N1CCC[C@@H](C(=O)NCc2ccc3nsnc3c2)C1. The van der Waals surface area contributed by atoms with Gasteiger partial charge in [-0.3, -0.25) is 9.59 Å². The van der Waals surface area contributed by atoms with Crippen LogP contribution < -0.4 is 5.32 Å². The summed E-state index contributed by atoms with van der Waals surface area (Å²) in [7, 11) is 1.50. The van der Waals surface area contributed by atoms with E-state index in [0.717, 1.165) is 29.4 Å². The molecule has 0 radical (unpaired) electrons. The van der Waals surface area contributed by atoms with Gasteiger partial charge in [-0.15, -0.1) is 0 Å². The summed E-state index contributed by atoms with van der Waals surface area (Å²) >= 11 is 1.18. The van der Waals surface area contributed by atoms with Crippen LogP contribution in [0.4, 0.5) is 0 Å². The Morgan fingerprint density at radius 2 is 2.21 bits per heavy atom. The van der Waals surface area contributed by atoms with Crippen LogP contribution in [-0.2, 0) is 20.9 Å². The van der Waals surface area contributed by atoms with Crippen molar-refractivity contribution in [1.82, 2.24) is 19.0 Å². The van der Waals surface area contributed by atoms with Gasteiger partial charge in [0, 0.05) is 26.7 Å². The number of fused-ring (bicyclic) bond motifs is 1. The Morgan fingerprint density at radius 3 is 3.04 bits per heavy atom. The molecule has 1 N–H and O–H groups in total. The molecule has 1 aromatic carbocycles. The zero-order valence-electron chi connectivity index (χ0n) is 13.5. The van der Waals surface area contributed by atoms with Gasteiger partial charge in [-0.1, -0.05) is 6.07 Å². The molecule has 7 nitrogen and oxygen atoms in total. The Bertz CT molecular complexity index is 733. The second kappa shape index (κ2) is 7.67. The molecule has 1 aliphatic heterocycles. The minimum atomic E-state index is -0.163. The van der Waals surface area contributed by atoms with E-state index in [2.05, 4.69) is 14.1 Å². The van der Waals surface area contributed by atoms with Crippen LogP contribution in [0.2, 0.25) is 0 Å². The largest absolute Gasteiger partial charge is 0.375 e. The van der Waals surface area contributed by atoms with Gasteiger partial charge in [-0.2, -0.15) is 8.75 Å². The van der Waals surface area contributed by atoms with E-state index in [9.17, 15) is 9.59 Å². The third-order valence-electron chi connectivity index (χ3n) is 4.20. The first-order valence-corrected chi connectivity index (χ1v) is 8.66. The normalized spacial score (nSPS) is 17.9. The Labute approximate surface area is 144 Å². The fourth-order valence-electron chi connectivity index (χ4n) is 2.90. The highest BCUT2D eigenvalue weighted by Crippen LogP contribution is 2.18. The Morgan fingerprint density at radius 1 is 1.38 bits per heavy atom. The number of benzene rings is 1. The van der Waals surface area contributed by atoms with Gasteiger partial charge in [0.25, 0.3) is 0 Å². The highest BCUT2D eigenvalue weighted by atomic mass is 32.1. The van der Waals surface area contributed by atoms with Crippen molar-refractivity contribution in [2.24, 2.45) is 5.92 Å². The number of rotatable bonds is 5. The van der Waals surface area contributed by atoms with Crippen LogP contribution in [0.3, 0.4) is 0 Å². The fourth-order valence-corrected chi connectivity index (χ4v) is 3.42. The summed E-state index contributed by atoms with van der Waals surface area (Å²) in [5.74, 6) is -0.234. The topological polar surface area (TPSA) is 84.4 Å². The zero-order chi connectivity index (χ0) is 16.9. The molecule has 0 bridgehead atoms. The van der Waals surface area contributed by atoms with Crippen molar-refractivity contribution in [3.8, 4) is 0 Å². The summed E-state index contributed by atoms with van der Waals surface area (Å²) in [4.78, 5) is 26.0. The smallest absolute Gasteiger partial charge is 0.248 e. The van der Waals surface area contributed by atoms with Crippen molar-refractivity contribution in [1.29, 1.82) is 0 Å². The zero-order valence-corrected chi connectivity index (χ0v) is 14.3. The van der Waals surface area contributed by atoms with Crippen molar-refractivity contribution in [2.45, 2.75) is 19.4 Å². The lowest BCUT2D eigenvalue weighted by atomic mass is 9.97. The number of ether oxygens (including phenoxy) is 1. The van der Waals surface area contributed by atoms with Crippen molar-refractivity contribution in [3.63, 3.8) is 0 Å². The first-order valence-electron chi connectivity index (χ1n) is 7.93. The summed E-state index contributed by atoms with van der Waals surface area (Å²) in [6, 6.07) is 5.79. The second-order valence-corrected chi connectivity index (χ2v) is 6.45. The van der Waals surface area contributed by atoms with Crippen molar-refractivity contribution in [3.05, 3.63) is 23.8 Å². The average molecular weight is 348 g/mol. The molecular formula is C16H20N4O3S. The highest BCUT2D eigenvalue weighted by molar-refractivity contribution is 7.00. The third kappa shape index (κ3) is 3.88. The van der Waals surface area contributed by atoms with Crippen LogP contribution in [0.25, 0.3) is 11.0 Å². The standard InChI is InChI=1S/C16H20N4O3S/c1-23-10-15(21)20-6-2-3-12(9-20)16(22)17-8-11-4-5-13-14(7-11)19-24-18-13/h4-5,7,12H,2-3,6,8-10H2,1H3,(H,17,22)/t12-/m1/s1. The number of hydrogen-bond acceptors (Lipinski definition) is 6. The molecule has 0 unspecified atom stereocenters. The van der Waals surface area contributed by atoms with Crippen molar-refractivity contribution >= 4 is 34.6 Å². The van der Waals surface area contributed by atoms with Crippen LogP contribution in [0.1, 0.15) is 18.4 Å². The number of nitrogens with one attached hydrogen (secondary N) is 1. The van der Waals surface area contributed by atoms with Gasteiger partial charge < -0.3 is 15.0 Å². The lowest BCUT2D eigenvalue weighted by Crippen LogP contribution is -2.46. The fraction of sp³-hybridized carbons (Fsp3) is 0.500. The van der Waals surface area contributed by atoms with Crippen molar-refractivity contribution < 1.29 is 14.3 Å². The minimum absolute atomic E-state index is 0.0126. The third-order valence-corrected chi connectivity index (χ3v) is 4.75. The summed E-state index contributed by atoms with van der Waals surface area (Å²) in [6.45, 7) is 1.67. The maximum absolute atomic E-state index is 12.4. The van der Waals surface area contributed by atoms with E-state index in [1.807, 2.05) is 18.2 Å². The molecular weight excluding hydrogens is 328 g/mol. The molecule has 0 aliphatic carbocycles. The molecule has 0 saturated carbocycles. The lowest BCUT2D eigenvalue weighted by molar-refractivity contribution is -0.139. The predicted octanol–water partition coefficient (Wildman–Crippen LogP) is 1.19. The van der Waals surface area contributed by atoms with Gasteiger partial charge in [-0.05, 0) is 30.5 Å². The number of nitrogens with zero attached hydrogens (tertiary/aromatic N) is 3. The molecule has 1 fully saturated rings. The molecule has 3 rings (SSSR count). The Kier molecular flexibility index (Phi) is 5.37. The van der Waals surface area contributed by atoms with E-state index in [4.69, 9.17) is 4.74 Å². The maximum atomic E-state index is 12.4. The quantitative estimate of drug-likeness (QED) is 0.877. The van der Waals surface area contributed by atoms with E-state index in [1.165, 1.54) is 18.8 Å². The second-order valence-electron chi connectivity index (χ2n) is 5.92. The molecule has 128 valence electrons. The summed E-state index contributed by atoms with van der Waals surface area (Å²) in [5.41, 5.74) is 2.71. The number of hydrogen-bond donors (Lipinski definition) is 1. The maximum Gasteiger partial charge on any atom is 0.248 e. The number of likely N-dealkylation sites (tertiary alicyclic amines) is 1. The molecule has 2 amide bonds. The van der Waals surface area contributed by atoms with Gasteiger partial charge >= 0.3 is 0 Å². The number of amides is 2. The van der Waals surface area contributed by atoms with Gasteiger partial charge in [0.2, 0.25) is 11.8 Å². The summed E-state index contributed by atoms with van der Waals surface area (Å²) in [6.07, 6.45) is 1.64. The van der Waals surface area contributed by atoms with E-state index in [-0.39, 0.29) is 24.3 Å². The monoisotopic (exact) mass is 348 g/mol. The molecule has 1 aromatic heterocycles. The molecule has 1 atom stereocenters. The van der Waals surface area contributed by atoms with E-state index in [0.29, 0.717) is 19.6 Å². The van der Waals surface area contributed by atoms with Gasteiger partial charge in [0.05, 0.1) is 17.6 Å². The average Bonchev–Trinajstić information content (AvgIpc) is 3.07. The summed E-state index contributed by atoms with van der Waals surface area (Å²) < 4.78 is 13.3. The van der Waals surface area contributed by atoms with Gasteiger partial charge in [0.1, 0.15) is 17.6 Å². The molecule has 1 saturated heterocycles. The number of methoxy groups -OCH3 is 1. The molecule has 1 aliphatic rings. The lowest BCUT2D eigenvalue weighted by Gasteiger charge is -2.31. The highest BCUT2D eigenvalue weighted by Gasteiger charge is 2.28. The van der Waals surface area contributed by atoms with E-state index < -0.39 is 0 Å². The van der Waals surface area contributed by atoms with E-state index >= 15 is 0 Å². The number of carbonyl (C=O) groups is 2. The molecule has 2 heterocycles. The minimum Gasteiger partial charge on any atom is -0.375 e. The van der Waals surface area contributed by atoms with E-state index in [1.54, 1.807) is 4.90 Å². The van der Waals surface area contributed by atoms with Gasteiger partial charge in [0.15, 0.2) is 0 Å². The predicted molar refractivity (Wildman–Crippen MR) is 90.4 cm³/mol. The Balaban J connectivity index is 1.55. The first-order chi connectivity index (χ1) is 11.7. The number of piperidine rings is 1. The molecule has 24 heavy (non-hydrogen) atoms. The molecule has 0 spiro atoms. The van der Waals surface area contributed by atoms with Crippen LogP contribution >= 0.6 is 11.7 Å². The Hall–Kier alpha value is -2.06. The van der Waals surface area contributed by atoms with Crippen LogP contribution in [-0.4, -0.2) is 52.3 Å². The van der Waals surface area contributed by atoms with Crippen LogP contribution in [0, 0.1) is 5.92 Å². The number of aromatic nitrogens is 2. The molecule has 2 aromatic rings. The van der Waals surface area contributed by atoms with Crippen LogP contribution in [0.15, 0.2) is 18.2 Å². The molecule has 8 heteroatoms. The summed E-state index contributed by atoms with van der Waals surface area (Å²) in [5, 5.41) is 2.96. The number of carbonyl (C=O) groups excluding carboxylic acids is 2. The van der Waals surface area contributed by atoms with Crippen LogP contribution in [0.5, 0.6) is 0 Å².